The molecule has 0 spiro atoms. The molecule has 0 amide bonds. The first-order valence-corrected chi connectivity index (χ1v) is 6.22. The number of benzene rings is 1. The fourth-order valence-electron chi connectivity index (χ4n) is 1.60. The molecule has 0 bridgehead atoms. The molecule has 0 radical (unpaired) electrons. The number of hydrogen-bond donors (Lipinski definition) is 2. The molecule has 1 aromatic heterocycles. The molecule has 0 atom stereocenters. The van der Waals surface area contributed by atoms with Gasteiger partial charge in [-0.05, 0) is 11.6 Å². The molecule has 2 N–H and O–H groups in total. The molecule has 5 nitrogen and oxygen atoms in total. The Morgan fingerprint density at radius 2 is 1.95 bits per heavy atom. The van der Waals surface area contributed by atoms with Gasteiger partial charge < -0.3 is 15.4 Å². The molecular weight excluding hydrogens is 240 g/mol. The van der Waals surface area contributed by atoms with Gasteiger partial charge in [0, 0.05) is 26.4 Å². The summed E-state index contributed by atoms with van der Waals surface area (Å²) in [7, 11) is 1.68. The maximum atomic E-state index is 4.98. The van der Waals surface area contributed by atoms with Crippen molar-refractivity contribution in [3.8, 4) is 0 Å². The summed E-state index contributed by atoms with van der Waals surface area (Å²) in [5.41, 5.74) is 1.20. The minimum Gasteiger partial charge on any atom is -0.383 e. The van der Waals surface area contributed by atoms with Crippen molar-refractivity contribution in [3.05, 3.63) is 48.2 Å². The number of aromatic nitrogens is 2. The Balaban J connectivity index is 1.88. The Morgan fingerprint density at radius 1 is 1.11 bits per heavy atom. The van der Waals surface area contributed by atoms with Gasteiger partial charge in [0.25, 0.3) is 0 Å². The Hall–Kier alpha value is -2.14. The van der Waals surface area contributed by atoms with Gasteiger partial charge in [0.15, 0.2) is 0 Å². The van der Waals surface area contributed by atoms with Gasteiger partial charge in [0.05, 0.1) is 6.61 Å². The quantitative estimate of drug-likeness (QED) is 0.745. The summed E-state index contributed by atoms with van der Waals surface area (Å²) in [4.78, 5) is 8.56. The summed E-state index contributed by atoms with van der Waals surface area (Å²) in [5.74, 6) is 1.41. The highest BCUT2D eigenvalue weighted by Crippen LogP contribution is 2.07. The number of nitrogens with one attached hydrogen (secondary N) is 2. The maximum absolute atomic E-state index is 4.98. The first kappa shape index (κ1) is 13.3. The van der Waals surface area contributed by atoms with Crippen molar-refractivity contribution in [2.75, 3.05) is 30.9 Å². The third-order valence-electron chi connectivity index (χ3n) is 2.56. The number of methoxy groups -OCH3 is 1. The highest BCUT2D eigenvalue weighted by Gasteiger charge is 1.98. The Kier molecular flexibility index (Phi) is 5.13. The van der Waals surface area contributed by atoms with Crippen LogP contribution in [0, 0.1) is 0 Å². The van der Waals surface area contributed by atoms with Crippen molar-refractivity contribution >= 4 is 11.8 Å². The van der Waals surface area contributed by atoms with Gasteiger partial charge in [0.1, 0.15) is 5.82 Å². The first-order valence-electron chi connectivity index (χ1n) is 6.22. The smallest absolute Gasteiger partial charge is 0.224 e. The predicted octanol–water partition coefficient (Wildman–Crippen LogP) is 2.15. The van der Waals surface area contributed by atoms with Crippen LogP contribution in [0.2, 0.25) is 0 Å². The number of nitrogens with zero attached hydrogens (tertiary/aromatic N) is 2. The van der Waals surface area contributed by atoms with E-state index >= 15 is 0 Å². The molecule has 0 aliphatic carbocycles. The van der Waals surface area contributed by atoms with E-state index in [1.807, 2.05) is 24.3 Å². The molecule has 0 fully saturated rings. The second-order valence-corrected chi connectivity index (χ2v) is 4.02. The van der Waals surface area contributed by atoms with Crippen LogP contribution in [0.5, 0.6) is 0 Å². The molecule has 2 aromatic rings. The van der Waals surface area contributed by atoms with Crippen LogP contribution in [0.3, 0.4) is 0 Å². The maximum Gasteiger partial charge on any atom is 0.224 e. The lowest BCUT2D eigenvalue weighted by atomic mass is 10.2. The molecule has 19 heavy (non-hydrogen) atoms. The monoisotopic (exact) mass is 258 g/mol. The zero-order chi connectivity index (χ0) is 13.3. The van der Waals surface area contributed by atoms with Crippen molar-refractivity contribution in [2.24, 2.45) is 0 Å². The Bertz CT molecular complexity index is 490. The normalized spacial score (nSPS) is 10.2. The average molecular weight is 258 g/mol. The summed E-state index contributed by atoms with van der Waals surface area (Å²) in [6, 6.07) is 12.0. The van der Waals surface area contributed by atoms with Gasteiger partial charge >= 0.3 is 0 Å². The van der Waals surface area contributed by atoms with Gasteiger partial charge in [-0.25, -0.2) is 4.98 Å². The molecule has 0 saturated heterocycles. The summed E-state index contributed by atoms with van der Waals surface area (Å²) in [6.07, 6.45) is 1.73. The van der Waals surface area contributed by atoms with E-state index in [2.05, 4.69) is 32.7 Å². The fourth-order valence-corrected chi connectivity index (χ4v) is 1.60. The van der Waals surface area contributed by atoms with Crippen molar-refractivity contribution < 1.29 is 4.74 Å². The second-order valence-electron chi connectivity index (χ2n) is 4.02. The van der Waals surface area contributed by atoms with Crippen LogP contribution in [0.4, 0.5) is 11.8 Å². The number of rotatable bonds is 7. The minimum atomic E-state index is 0.617. The Labute approximate surface area is 113 Å². The van der Waals surface area contributed by atoms with Crippen LogP contribution in [-0.4, -0.2) is 30.2 Å². The summed E-state index contributed by atoms with van der Waals surface area (Å²) in [6.45, 7) is 2.09. The third kappa shape index (κ3) is 4.56. The van der Waals surface area contributed by atoms with Crippen molar-refractivity contribution in [1.82, 2.24) is 9.97 Å². The lowest BCUT2D eigenvalue weighted by Crippen LogP contribution is -2.10. The van der Waals surface area contributed by atoms with Crippen LogP contribution in [0.25, 0.3) is 0 Å². The highest BCUT2D eigenvalue weighted by molar-refractivity contribution is 5.39. The summed E-state index contributed by atoms with van der Waals surface area (Å²) in [5, 5.41) is 6.37. The second kappa shape index (κ2) is 7.33. The van der Waals surface area contributed by atoms with Gasteiger partial charge in [-0.1, -0.05) is 30.3 Å². The average Bonchev–Trinajstić information content (AvgIpc) is 2.47. The largest absolute Gasteiger partial charge is 0.383 e. The van der Waals surface area contributed by atoms with Crippen LogP contribution in [-0.2, 0) is 11.3 Å². The molecule has 0 saturated carbocycles. The van der Waals surface area contributed by atoms with Gasteiger partial charge in [0.2, 0.25) is 5.95 Å². The first-order chi connectivity index (χ1) is 9.38. The van der Waals surface area contributed by atoms with E-state index in [9.17, 15) is 0 Å². The number of hydrogen-bond acceptors (Lipinski definition) is 5. The standard InChI is InChI=1S/C14H18N4O/c1-19-10-9-15-13-7-8-16-14(18-13)17-11-12-5-3-2-4-6-12/h2-8H,9-11H2,1H3,(H2,15,16,17,18). The van der Waals surface area contributed by atoms with Gasteiger partial charge in [-0.2, -0.15) is 4.98 Å². The molecule has 100 valence electrons. The fraction of sp³-hybridized carbons (Fsp3) is 0.286. The van der Waals surface area contributed by atoms with Crippen molar-refractivity contribution in [2.45, 2.75) is 6.54 Å². The van der Waals surface area contributed by atoms with E-state index in [1.54, 1.807) is 13.3 Å². The van der Waals surface area contributed by atoms with E-state index in [0.29, 0.717) is 19.1 Å². The molecule has 0 unspecified atom stereocenters. The Morgan fingerprint density at radius 3 is 2.74 bits per heavy atom. The summed E-state index contributed by atoms with van der Waals surface area (Å²) < 4.78 is 4.98. The van der Waals surface area contributed by atoms with E-state index in [-0.39, 0.29) is 0 Å². The van der Waals surface area contributed by atoms with Crippen molar-refractivity contribution in [1.29, 1.82) is 0 Å². The molecule has 1 heterocycles. The third-order valence-corrected chi connectivity index (χ3v) is 2.56. The van der Waals surface area contributed by atoms with E-state index in [0.717, 1.165) is 12.4 Å². The van der Waals surface area contributed by atoms with Crippen LogP contribution in [0.15, 0.2) is 42.6 Å². The van der Waals surface area contributed by atoms with Crippen LogP contribution in [0.1, 0.15) is 5.56 Å². The van der Waals surface area contributed by atoms with Crippen LogP contribution < -0.4 is 10.6 Å². The molecule has 5 heteroatoms. The molecular formula is C14H18N4O. The van der Waals surface area contributed by atoms with E-state index < -0.39 is 0 Å². The molecule has 1 aromatic carbocycles. The van der Waals surface area contributed by atoms with Gasteiger partial charge in [-0.3, -0.25) is 0 Å². The summed E-state index contributed by atoms with van der Waals surface area (Å²) >= 11 is 0. The predicted molar refractivity (Wildman–Crippen MR) is 76.2 cm³/mol. The SMILES string of the molecule is COCCNc1ccnc(NCc2ccccc2)n1. The molecule has 0 aliphatic heterocycles. The number of ether oxygens (including phenoxy) is 1. The number of anilines is 2. The van der Waals surface area contributed by atoms with Gasteiger partial charge in [-0.15, -0.1) is 0 Å². The topological polar surface area (TPSA) is 59.1 Å². The minimum absolute atomic E-state index is 0.617. The van der Waals surface area contributed by atoms with E-state index in [1.165, 1.54) is 5.56 Å². The molecule has 0 aliphatic rings. The van der Waals surface area contributed by atoms with Crippen LogP contribution >= 0.6 is 0 Å². The zero-order valence-electron chi connectivity index (χ0n) is 11.0. The van der Waals surface area contributed by atoms with Crippen molar-refractivity contribution in [3.63, 3.8) is 0 Å². The highest BCUT2D eigenvalue weighted by atomic mass is 16.5. The molecule has 2 rings (SSSR count). The van der Waals surface area contributed by atoms with E-state index in [4.69, 9.17) is 4.74 Å². The zero-order valence-corrected chi connectivity index (χ0v) is 11.0. The lowest BCUT2D eigenvalue weighted by Gasteiger charge is -2.08. The lowest BCUT2D eigenvalue weighted by molar-refractivity contribution is 0.210.